The van der Waals surface area contributed by atoms with E-state index < -0.39 is 5.60 Å². The third kappa shape index (κ3) is 5.70. The van der Waals surface area contributed by atoms with Gasteiger partial charge in [-0.25, -0.2) is 4.79 Å². The number of esters is 1. The van der Waals surface area contributed by atoms with Gasteiger partial charge in [0.1, 0.15) is 18.0 Å². The number of hydrogen-bond donors (Lipinski definition) is 0. The molecule has 0 unspecified atom stereocenters. The highest BCUT2D eigenvalue weighted by atomic mass is 79.9. The van der Waals surface area contributed by atoms with Gasteiger partial charge in [-0.3, -0.25) is 0 Å². The highest BCUT2D eigenvalue weighted by molar-refractivity contribution is 9.10. The Kier molecular flexibility index (Phi) is 6.20. The number of benzene rings is 3. The maximum absolute atomic E-state index is 12.4. The molecule has 0 saturated carbocycles. The van der Waals surface area contributed by atoms with Crippen LogP contribution in [0.3, 0.4) is 0 Å². The minimum absolute atomic E-state index is 0.335. The van der Waals surface area contributed by atoms with Crippen molar-refractivity contribution in [3.63, 3.8) is 0 Å². The van der Waals surface area contributed by atoms with Crippen molar-refractivity contribution < 1.29 is 14.3 Å². The van der Waals surface area contributed by atoms with Crippen molar-refractivity contribution >= 4 is 21.9 Å². The Balaban J connectivity index is 1.75. The third-order valence-electron chi connectivity index (χ3n) is 3.97. The quantitative estimate of drug-likeness (QED) is 0.418. The number of halogens is 1. The normalized spacial score (nSPS) is 11.1. The first kappa shape index (κ1) is 20.2. The largest absolute Gasteiger partial charge is 0.489 e. The van der Waals surface area contributed by atoms with E-state index in [1.54, 1.807) is 6.07 Å². The van der Waals surface area contributed by atoms with Crippen molar-refractivity contribution in [1.29, 1.82) is 0 Å². The summed E-state index contributed by atoms with van der Waals surface area (Å²) in [5.41, 5.74) is 3.05. The molecule has 3 rings (SSSR count). The molecule has 0 N–H and O–H groups in total. The number of ether oxygens (including phenoxy) is 2. The number of rotatable bonds is 5. The van der Waals surface area contributed by atoms with E-state index in [9.17, 15) is 4.79 Å². The first-order valence-corrected chi connectivity index (χ1v) is 9.90. The molecule has 28 heavy (non-hydrogen) atoms. The highest BCUT2D eigenvalue weighted by Gasteiger charge is 2.18. The van der Waals surface area contributed by atoms with Crippen molar-refractivity contribution in [3.05, 3.63) is 88.4 Å². The second kappa shape index (κ2) is 8.61. The summed E-state index contributed by atoms with van der Waals surface area (Å²) >= 11 is 3.49. The lowest BCUT2D eigenvalue weighted by Gasteiger charge is -2.19. The zero-order valence-corrected chi connectivity index (χ0v) is 17.8. The van der Waals surface area contributed by atoms with Gasteiger partial charge in [0, 0.05) is 4.47 Å². The molecule has 0 radical (unpaired) electrons. The molecule has 0 saturated heterocycles. The van der Waals surface area contributed by atoms with Gasteiger partial charge in [-0.2, -0.15) is 0 Å². The Hall–Kier alpha value is -2.59. The summed E-state index contributed by atoms with van der Waals surface area (Å²) in [6.07, 6.45) is 0. The van der Waals surface area contributed by atoms with Crippen LogP contribution < -0.4 is 4.74 Å². The smallest absolute Gasteiger partial charge is 0.338 e. The molecule has 0 atom stereocenters. The second-order valence-corrected chi connectivity index (χ2v) is 8.44. The molecule has 3 aromatic rings. The van der Waals surface area contributed by atoms with Gasteiger partial charge in [-0.15, -0.1) is 0 Å². The van der Waals surface area contributed by atoms with Crippen LogP contribution in [0.2, 0.25) is 0 Å². The van der Waals surface area contributed by atoms with Crippen molar-refractivity contribution in [3.8, 4) is 16.9 Å². The average molecular weight is 439 g/mol. The average Bonchev–Trinajstić information content (AvgIpc) is 2.66. The molecule has 0 aliphatic heterocycles. The number of hydrogen-bond acceptors (Lipinski definition) is 3. The molecule has 0 aliphatic rings. The fourth-order valence-corrected chi connectivity index (χ4v) is 3.19. The molecule has 0 fully saturated rings. The van der Waals surface area contributed by atoms with E-state index in [0.717, 1.165) is 26.9 Å². The Morgan fingerprint density at radius 3 is 2.21 bits per heavy atom. The van der Waals surface area contributed by atoms with E-state index >= 15 is 0 Å². The monoisotopic (exact) mass is 438 g/mol. The Morgan fingerprint density at radius 2 is 1.57 bits per heavy atom. The molecule has 3 nitrogen and oxygen atoms in total. The lowest BCUT2D eigenvalue weighted by atomic mass is 10.0. The van der Waals surface area contributed by atoms with Gasteiger partial charge in [-0.1, -0.05) is 58.4 Å². The lowest BCUT2D eigenvalue weighted by molar-refractivity contribution is 0.00695. The number of carbonyl (C=O) groups is 1. The van der Waals surface area contributed by atoms with Gasteiger partial charge in [0.15, 0.2) is 0 Å². The van der Waals surface area contributed by atoms with Crippen LogP contribution in [-0.2, 0) is 11.3 Å². The fraction of sp³-hybridized carbons (Fsp3) is 0.208. The summed E-state index contributed by atoms with van der Waals surface area (Å²) in [5.74, 6) is 0.466. The molecule has 0 spiro atoms. The Morgan fingerprint density at radius 1 is 0.893 bits per heavy atom. The maximum atomic E-state index is 12.4. The van der Waals surface area contributed by atoms with E-state index in [4.69, 9.17) is 9.47 Å². The summed E-state index contributed by atoms with van der Waals surface area (Å²) in [7, 11) is 0. The molecule has 0 bridgehead atoms. The topological polar surface area (TPSA) is 35.5 Å². The Labute approximate surface area is 174 Å². The summed E-state index contributed by atoms with van der Waals surface area (Å²) in [6, 6.07) is 23.5. The molecular formula is C24H23BrO3. The maximum Gasteiger partial charge on any atom is 0.338 e. The van der Waals surface area contributed by atoms with E-state index in [0.29, 0.717) is 12.2 Å². The van der Waals surface area contributed by atoms with Crippen molar-refractivity contribution in [2.75, 3.05) is 0 Å². The third-order valence-corrected chi connectivity index (χ3v) is 4.43. The molecule has 0 heterocycles. The van der Waals surface area contributed by atoms with Gasteiger partial charge in [0.25, 0.3) is 0 Å². The Bertz CT molecular complexity index is 942. The van der Waals surface area contributed by atoms with Crippen LogP contribution in [0.4, 0.5) is 0 Å². The second-order valence-electron chi connectivity index (χ2n) is 7.53. The molecule has 3 aromatic carbocycles. The van der Waals surface area contributed by atoms with Crippen LogP contribution in [0.5, 0.6) is 5.75 Å². The van der Waals surface area contributed by atoms with E-state index in [1.165, 1.54) is 0 Å². The molecule has 0 aliphatic carbocycles. The predicted octanol–water partition coefficient (Wildman–Crippen LogP) is 6.65. The first-order chi connectivity index (χ1) is 13.3. The SMILES string of the molecule is CC(C)(C)OC(=O)c1cc(Br)cc(-c2ccc(OCc3ccccc3)cc2)c1. The van der Waals surface area contributed by atoms with Crippen LogP contribution >= 0.6 is 15.9 Å². The summed E-state index contributed by atoms with van der Waals surface area (Å²) in [6.45, 7) is 6.10. The van der Waals surface area contributed by atoms with E-state index in [-0.39, 0.29) is 5.97 Å². The standard InChI is InChI=1S/C24H23BrO3/c1-24(2,3)28-23(26)20-13-19(14-21(25)15-20)18-9-11-22(12-10-18)27-16-17-7-5-4-6-8-17/h4-15H,16H2,1-3H3. The first-order valence-electron chi connectivity index (χ1n) is 9.11. The van der Waals surface area contributed by atoms with Gasteiger partial charge in [0.2, 0.25) is 0 Å². The summed E-state index contributed by atoms with van der Waals surface area (Å²) < 4.78 is 12.2. The molecule has 0 amide bonds. The van der Waals surface area contributed by atoms with Gasteiger partial charge >= 0.3 is 5.97 Å². The summed E-state index contributed by atoms with van der Waals surface area (Å²) in [4.78, 5) is 12.4. The van der Waals surface area contributed by atoms with E-state index in [1.807, 2.05) is 87.5 Å². The molecule has 144 valence electrons. The minimum Gasteiger partial charge on any atom is -0.489 e. The van der Waals surface area contributed by atoms with Crippen LogP contribution in [0.1, 0.15) is 36.7 Å². The van der Waals surface area contributed by atoms with Crippen molar-refractivity contribution in [2.24, 2.45) is 0 Å². The molecular weight excluding hydrogens is 416 g/mol. The van der Waals surface area contributed by atoms with Gasteiger partial charge in [0.05, 0.1) is 5.56 Å². The van der Waals surface area contributed by atoms with Crippen LogP contribution in [-0.4, -0.2) is 11.6 Å². The summed E-state index contributed by atoms with van der Waals surface area (Å²) in [5, 5.41) is 0. The minimum atomic E-state index is -0.530. The zero-order valence-electron chi connectivity index (χ0n) is 16.2. The highest BCUT2D eigenvalue weighted by Crippen LogP contribution is 2.28. The lowest BCUT2D eigenvalue weighted by Crippen LogP contribution is -2.23. The fourth-order valence-electron chi connectivity index (χ4n) is 2.70. The van der Waals surface area contributed by atoms with Crippen LogP contribution in [0, 0.1) is 0 Å². The molecule has 0 aromatic heterocycles. The van der Waals surface area contributed by atoms with Gasteiger partial charge < -0.3 is 9.47 Å². The van der Waals surface area contributed by atoms with Crippen LogP contribution in [0.25, 0.3) is 11.1 Å². The van der Waals surface area contributed by atoms with Crippen molar-refractivity contribution in [2.45, 2.75) is 33.0 Å². The predicted molar refractivity (Wildman–Crippen MR) is 116 cm³/mol. The zero-order chi connectivity index (χ0) is 20.1. The van der Waals surface area contributed by atoms with Gasteiger partial charge in [-0.05, 0) is 67.8 Å². The van der Waals surface area contributed by atoms with Crippen molar-refractivity contribution in [1.82, 2.24) is 0 Å². The number of carbonyl (C=O) groups excluding carboxylic acids is 1. The van der Waals surface area contributed by atoms with Crippen LogP contribution in [0.15, 0.2) is 77.3 Å². The molecule has 4 heteroatoms. The van der Waals surface area contributed by atoms with E-state index in [2.05, 4.69) is 15.9 Å².